The van der Waals surface area contributed by atoms with Crippen molar-refractivity contribution in [2.75, 3.05) is 5.32 Å². The molecule has 1 atom stereocenters. The van der Waals surface area contributed by atoms with Crippen LogP contribution in [-0.2, 0) is 0 Å². The Labute approximate surface area is 161 Å². The van der Waals surface area contributed by atoms with Crippen molar-refractivity contribution in [1.29, 1.82) is 0 Å². The van der Waals surface area contributed by atoms with Gasteiger partial charge in [0.1, 0.15) is 5.82 Å². The first-order chi connectivity index (χ1) is 13.6. The highest BCUT2D eigenvalue weighted by Gasteiger charge is 2.12. The van der Waals surface area contributed by atoms with Crippen LogP contribution in [0, 0.1) is 6.92 Å². The second kappa shape index (κ2) is 7.43. The highest BCUT2D eigenvalue weighted by atomic mass is 16.2. The van der Waals surface area contributed by atoms with Crippen LogP contribution in [-0.4, -0.2) is 30.8 Å². The van der Waals surface area contributed by atoms with E-state index < -0.39 is 0 Å². The number of aromatic nitrogens is 5. The highest BCUT2D eigenvalue weighted by molar-refractivity contribution is 5.91. The molecular formula is C20H19N7O. The van der Waals surface area contributed by atoms with Crippen LogP contribution in [0.25, 0.3) is 16.7 Å². The highest BCUT2D eigenvalue weighted by Crippen LogP contribution is 2.19. The fourth-order valence-electron chi connectivity index (χ4n) is 2.90. The summed E-state index contributed by atoms with van der Waals surface area (Å²) in [5.74, 6) is 1.06. The molecule has 0 aliphatic heterocycles. The van der Waals surface area contributed by atoms with Gasteiger partial charge in [-0.2, -0.15) is 5.10 Å². The molecule has 4 rings (SSSR count). The maximum absolute atomic E-state index is 12.3. The van der Waals surface area contributed by atoms with Crippen molar-refractivity contribution in [1.82, 2.24) is 30.0 Å². The third kappa shape index (κ3) is 3.66. The van der Waals surface area contributed by atoms with Crippen LogP contribution < -0.4 is 10.6 Å². The summed E-state index contributed by atoms with van der Waals surface area (Å²) in [4.78, 5) is 25.2. The predicted octanol–water partition coefficient (Wildman–Crippen LogP) is 3.40. The number of carbonyl (C=O) groups is 1. The lowest BCUT2D eigenvalue weighted by molar-refractivity contribution is 0.249. The normalized spacial score (nSPS) is 11.9. The van der Waals surface area contributed by atoms with E-state index in [1.165, 1.54) is 0 Å². The minimum absolute atomic E-state index is 0.118. The zero-order chi connectivity index (χ0) is 19.5. The van der Waals surface area contributed by atoms with E-state index in [2.05, 4.69) is 30.7 Å². The minimum Gasteiger partial charge on any atom is -0.331 e. The molecule has 28 heavy (non-hydrogen) atoms. The minimum atomic E-state index is -0.319. The van der Waals surface area contributed by atoms with Gasteiger partial charge in [-0.15, -0.1) is 0 Å². The quantitative estimate of drug-likeness (QED) is 0.571. The summed E-state index contributed by atoms with van der Waals surface area (Å²) in [6.45, 7) is 3.80. The second-order valence-corrected chi connectivity index (χ2v) is 6.43. The Bertz CT molecular complexity index is 1120. The maximum atomic E-state index is 12.3. The van der Waals surface area contributed by atoms with E-state index in [1.54, 1.807) is 35.5 Å². The molecule has 0 radical (unpaired) electrons. The summed E-state index contributed by atoms with van der Waals surface area (Å²) >= 11 is 0. The van der Waals surface area contributed by atoms with E-state index in [-0.39, 0.29) is 12.1 Å². The molecule has 3 heterocycles. The van der Waals surface area contributed by atoms with Crippen LogP contribution in [0.15, 0.2) is 61.2 Å². The van der Waals surface area contributed by atoms with Gasteiger partial charge in [0.15, 0.2) is 5.82 Å². The van der Waals surface area contributed by atoms with Gasteiger partial charge in [0, 0.05) is 11.6 Å². The lowest BCUT2D eigenvalue weighted by atomic mass is 10.1. The van der Waals surface area contributed by atoms with Crippen molar-refractivity contribution in [3.05, 3.63) is 72.4 Å². The molecule has 140 valence electrons. The lowest BCUT2D eigenvalue weighted by Crippen LogP contribution is -2.31. The van der Waals surface area contributed by atoms with E-state index in [0.717, 1.165) is 22.2 Å². The summed E-state index contributed by atoms with van der Waals surface area (Å²) < 4.78 is 1.67. The first-order valence-electron chi connectivity index (χ1n) is 8.85. The first kappa shape index (κ1) is 17.6. The number of urea groups is 1. The second-order valence-electron chi connectivity index (χ2n) is 6.43. The van der Waals surface area contributed by atoms with Gasteiger partial charge in [-0.1, -0.05) is 30.3 Å². The van der Waals surface area contributed by atoms with E-state index >= 15 is 0 Å². The number of hydrogen-bond donors (Lipinski definition) is 2. The zero-order valence-corrected chi connectivity index (χ0v) is 15.5. The van der Waals surface area contributed by atoms with E-state index in [4.69, 9.17) is 0 Å². The SMILES string of the molecule is Cc1cncc(-n2ncc3cc(NC(=O)NC(C)c4ccccc4)ncc32)n1. The summed E-state index contributed by atoms with van der Waals surface area (Å²) in [5.41, 5.74) is 2.61. The summed E-state index contributed by atoms with van der Waals surface area (Å²) in [5, 5.41) is 10.9. The van der Waals surface area contributed by atoms with E-state index in [0.29, 0.717) is 11.6 Å². The molecule has 1 aromatic carbocycles. The molecular weight excluding hydrogens is 354 g/mol. The van der Waals surface area contributed by atoms with Crippen LogP contribution in [0.1, 0.15) is 24.2 Å². The number of aryl methyl sites for hydroxylation is 1. The Kier molecular flexibility index (Phi) is 4.67. The number of pyridine rings is 1. The smallest absolute Gasteiger partial charge is 0.320 e. The molecule has 0 bridgehead atoms. The number of nitrogens with zero attached hydrogens (tertiary/aromatic N) is 5. The molecule has 1 unspecified atom stereocenters. The lowest BCUT2D eigenvalue weighted by Gasteiger charge is -2.14. The molecule has 2 amide bonds. The number of anilines is 1. The van der Waals surface area contributed by atoms with Gasteiger partial charge in [0.2, 0.25) is 0 Å². The molecule has 2 N–H and O–H groups in total. The van der Waals surface area contributed by atoms with Crippen LogP contribution in [0.5, 0.6) is 0 Å². The number of benzene rings is 1. The molecule has 8 nitrogen and oxygen atoms in total. The molecule has 0 aliphatic carbocycles. The predicted molar refractivity (Wildman–Crippen MR) is 106 cm³/mol. The monoisotopic (exact) mass is 373 g/mol. The van der Waals surface area contributed by atoms with Gasteiger partial charge in [-0.3, -0.25) is 10.3 Å². The Balaban J connectivity index is 1.50. The number of amides is 2. The molecule has 4 aromatic rings. The van der Waals surface area contributed by atoms with Gasteiger partial charge in [-0.05, 0) is 25.5 Å². The van der Waals surface area contributed by atoms with Crippen LogP contribution in [0.2, 0.25) is 0 Å². The average molecular weight is 373 g/mol. The third-order valence-corrected chi connectivity index (χ3v) is 4.30. The Morgan fingerprint density at radius 1 is 1.11 bits per heavy atom. The van der Waals surface area contributed by atoms with Gasteiger partial charge >= 0.3 is 6.03 Å². The largest absolute Gasteiger partial charge is 0.331 e. The van der Waals surface area contributed by atoms with Crippen molar-refractivity contribution in [3.63, 3.8) is 0 Å². The van der Waals surface area contributed by atoms with Crippen molar-refractivity contribution >= 4 is 22.8 Å². The van der Waals surface area contributed by atoms with Crippen molar-refractivity contribution in [3.8, 4) is 5.82 Å². The number of fused-ring (bicyclic) bond motifs is 1. The van der Waals surface area contributed by atoms with Crippen LogP contribution in [0.4, 0.5) is 10.6 Å². The summed E-state index contributed by atoms with van der Waals surface area (Å²) in [6, 6.07) is 11.1. The molecule has 8 heteroatoms. The van der Waals surface area contributed by atoms with Crippen molar-refractivity contribution in [2.45, 2.75) is 19.9 Å². The van der Waals surface area contributed by atoms with Crippen molar-refractivity contribution < 1.29 is 4.79 Å². The van der Waals surface area contributed by atoms with Gasteiger partial charge in [-0.25, -0.2) is 19.4 Å². The molecule has 0 saturated carbocycles. The van der Waals surface area contributed by atoms with Crippen molar-refractivity contribution in [2.24, 2.45) is 0 Å². The average Bonchev–Trinajstić information content (AvgIpc) is 3.12. The number of hydrogen-bond acceptors (Lipinski definition) is 5. The maximum Gasteiger partial charge on any atom is 0.320 e. The van der Waals surface area contributed by atoms with Gasteiger partial charge in [0.25, 0.3) is 0 Å². The topological polar surface area (TPSA) is 97.6 Å². The molecule has 0 aliphatic rings. The molecule has 0 spiro atoms. The van der Waals surface area contributed by atoms with E-state index in [1.807, 2.05) is 44.2 Å². The first-order valence-corrected chi connectivity index (χ1v) is 8.85. The van der Waals surface area contributed by atoms with Crippen LogP contribution in [0.3, 0.4) is 0 Å². The summed E-state index contributed by atoms with van der Waals surface area (Å²) in [7, 11) is 0. The number of nitrogens with one attached hydrogen (secondary N) is 2. The Morgan fingerprint density at radius 2 is 1.93 bits per heavy atom. The number of rotatable bonds is 4. The third-order valence-electron chi connectivity index (χ3n) is 4.30. The fourth-order valence-corrected chi connectivity index (χ4v) is 2.90. The van der Waals surface area contributed by atoms with Gasteiger partial charge in [0.05, 0.1) is 35.8 Å². The Morgan fingerprint density at radius 3 is 2.71 bits per heavy atom. The molecule has 0 fully saturated rings. The zero-order valence-electron chi connectivity index (χ0n) is 15.5. The molecule has 0 saturated heterocycles. The number of carbonyl (C=O) groups excluding carboxylic acids is 1. The standard InChI is InChI=1S/C20H19N7O/c1-13-9-21-12-19(24-13)27-17-11-22-18(8-16(17)10-23-27)26-20(28)25-14(2)15-6-4-3-5-7-15/h3-12,14H,1-2H3,(H2,22,25,26,28). The van der Waals surface area contributed by atoms with Gasteiger partial charge < -0.3 is 5.32 Å². The Hall–Kier alpha value is -3.81. The summed E-state index contributed by atoms with van der Waals surface area (Å²) in [6.07, 6.45) is 6.69. The van der Waals surface area contributed by atoms with Crippen LogP contribution >= 0.6 is 0 Å². The van der Waals surface area contributed by atoms with E-state index in [9.17, 15) is 4.79 Å². The molecule has 3 aromatic heterocycles. The fraction of sp³-hybridized carbons (Fsp3) is 0.150.